The number of quaternary nitrogens is 1. The van der Waals surface area contributed by atoms with Crippen LogP contribution in [0.25, 0.3) is 10.9 Å². The molecule has 1 aliphatic carbocycles. The minimum absolute atomic E-state index is 0.142. The molecule has 1 amide bonds. The van der Waals surface area contributed by atoms with Crippen molar-refractivity contribution >= 4 is 16.8 Å². The van der Waals surface area contributed by atoms with Crippen LogP contribution in [0.1, 0.15) is 83.0 Å². The van der Waals surface area contributed by atoms with Crippen LogP contribution < -0.4 is 11.3 Å². The van der Waals surface area contributed by atoms with Crippen LogP contribution in [0.2, 0.25) is 0 Å². The minimum atomic E-state index is -0.244. The number of nitrogens with zero attached hydrogens (tertiary/aromatic N) is 2. The number of fused-ring (bicyclic) bond motifs is 1. The largest absolute Gasteiger partial charge is 0.358 e. The number of carbonyl (C=O) groups excluding carboxylic acids is 1. The zero-order chi connectivity index (χ0) is 21.3. The normalized spacial score (nSPS) is 15.5. The molecule has 0 aliphatic heterocycles. The van der Waals surface area contributed by atoms with E-state index in [-0.39, 0.29) is 17.5 Å². The first-order valence-electron chi connectivity index (χ1n) is 11.7. The quantitative estimate of drug-likeness (QED) is 0.551. The Morgan fingerprint density at radius 3 is 2.70 bits per heavy atom. The maximum atomic E-state index is 13.2. The number of carbonyl (C=O) groups is 1. The Morgan fingerprint density at radius 1 is 1.20 bits per heavy atom. The number of benzene rings is 1. The summed E-state index contributed by atoms with van der Waals surface area (Å²) in [5.41, 5.74) is 4.44. The van der Waals surface area contributed by atoms with Crippen molar-refractivity contribution in [2.45, 2.75) is 77.2 Å². The van der Waals surface area contributed by atoms with Gasteiger partial charge in [-0.2, -0.15) is 0 Å². The molecule has 6 heteroatoms. The Balaban J connectivity index is 1.73. The lowest BCUT2D eigenvalue weighted by atomic mass is 10.0. The number of nitrogens with one attached hydrogen (secondary N) is 1. The summed E-state index contributed by atoms with van der Waals surface area (Å²) in [5.74, 6) is 1.45. The molecule has 4 N–H and O–H groups in total. The molecule has 6 nitrogen and oxygen atoms in total. The molecule has 1 fully saturated rings. The zero-order valence-corrected chi connectivity index (χ0v) is 18.4. The van der Waals surface area contributed by atoms with E-state index in [0.717, 1.165) is 38.6 Å². The van der Waals surface area contributed by atoms with Gasteiger partial charge in [0, 0.05) is 13.0 Å². The molecule has 2 aromatic rings. The van der Waals surface area contributed by atoms with Crippen molar-refractivity contribution in [3.05, 3.63) is 40.4 Å². The number of rotatable bonds is 11. The molecule has 1 saturated carbocycles. The second-order valence-corrected chi connectivity index (χ2v) is 8.69. The van der Waals surface area contributed by atoms with Crippen LogP contribution in [0.15, 0.2) is 29.1 Å². The number of para-hydroxylation sites is 1. The van der Waals surface area contributed by atoms with Crippen LogP contribution in [-0.4, -0.2) is 33.9 Å². The van der Waals surface area contributed by atoms with Gasteiger partial charge in [-0.05, 0) is 50.7 Å². The number of aromatic amines is 1. The third-order valence-electron chi connectivity index (χ3n) is 6.45. The van der Waals surface area contributed by atoms with Crippen LogP contribution in [0.3, 0.4) is 0 Å². The van der Waals surface area contributed by atoms with Crippen molar-refractivity contribution in [2.75, 3.05) is 13.1 Å². The number of hydrogen-bond donors (Lipinski definition) is 2. The third-order valence-corrected chi connectivity index (χ3v) is 6.45. The van der Waals surface area contributed by atoms with E-state index in [9.17, 15) is 9.59 Å². The van der Waals surface area contributed by atoms with Gasteiger partial charge < -0.3 is 15.6 Å². The van der Waals surface area contributed by atoms with Crippen LogP contribution in [0, 0.1) is 5.92 Å². The van der Waals surface area contributed by atoms with Crippen molar-refractivity contribution in [1.82, 2.24) is 14.9 Å². The molecule has 1 aliphatic rings. The molecule has 1 atom stereocenters. The van der Waals surface area contributed by atoms with Crippen LogP contribution >= 0.6 is 0 Å². The first-order valence-corrected chi connectivity index (χ1v) is 11.7. The SMILES string of the molecule is C[C@@H](c1nc2ccccc2c(=O)[nH]1)N(CCCCCC[NH3+])C(=O)CCC1CCCC1. The number of amides is 1. The Labute approximate surface area is 179 Å². The van der Waals surface area contributed by atoms with Gasteiger partial charge in [0.25, 0.3) is 5.56 Å². The summed E-state index contributed by atoms with van der Waals surface area (Å²) < 4.78 is 0. The van der Waals surface area contributed by atoms with Gasteiger partial charge >= 0.3 is 0 Å². The molecule has 1 aromatic carbocycles. The smallest absolute Gasteiger partial charge is 0.258 e. The summed E-state index contributed by atoms with van der Waals surface area (Å²) in [6.45, 7) is 3.65. The van der Waals surface area contributed by atoms with E-state index in [4.69, 9.17) is 0 Å². The molecule has 3 rings (SSSR count). The Hall–Kier alpha value is -2.21. The maximum absolute atomic E-state index is 13.2. The standard InChI is InChI=1S/C24H36N4O2/c1-18(23-26-21-13-7-6-12-20(21)24(30)27-23)28(17-9-3-2-8-16-25)22(29)15-14-19-10-4-5-11-19/h6-7,12-13,18-19H,2-5,8-11,14-17,25H2,1H3,(H,26,27,30)/p+1/t18-/m0/s1. The average Bonchev–Trinajstić information content (AvgIpc) is 3.28. The fraction of sp³-hybridized carbons (Fsp3) is 0.625. The first kappa shape index (κ1) is 22.5. The number of H-pyrrole nitrogens is 1. The lowest BCUT2D eigenvalue weighted by molar-refractivity contribution is -0.368. The van der Waals surface area contributed by atoms with E-state index < -0.39 is 0 Å². The predicted molar refractivity (Wildman–Crippen MR) is 120 cm³/mol. The molecule has 30 heavy (non-hydrogen) atoms. The Kier molecular flexibility index (Phi) is 8.43. The summed E-state index contributed by atoms with van der Waals surface area (Å²) in [5, 5.41) is 0.584. The van der Waals surface area contributed by atoms with E-state index in [0.29, 0.717) is 35.6 Å². The van der Waals surface area contributed by atoms with E-state index in [1.165, 1.54) is 25.7 Å². The summed E-state index contributed by atoms with van der Waals surface area (Å²) in [7, 11) is 0. The van der Waals surface area contributed by atoms with Crippen molar-refractivity contribution in [3.63, 3.8) is 0 Å². The average molecular weight is 414 g/mol. The zero-order valence-electron chi connectivity index (χ0n) is 18.4. The van der Waals surface area contributed by atoms with Gasteiger partial charge in [-0.3, -0.25) is 9.59 Å². The molecule has 0 unspecified atom stereocenters. The van der Waals surface area contributed by atoms with E-state index in [1.54, 1.807) is 6.07 Å². The molecule has 0 spiro atoms. The van der Waals surface area contributed by atoms with Crippen LogP contribution in [-0.2, 0) is 4.79 Å². The fourth-order valence-corrected chi connectivity index (χ4v) is 4.57. The molecule has 1 heterocycles. The molecule has 0 bridgehead atoms. The Bertz CT molecular complexity index is 873. The van der Waals surface area contributed by atoms with Crippen molar-refractivity contribution in [3.8, 4) is 0 Å². The van der Waals surface area contributed by atoms with Crippen LogP contribution in [0.4, 0.5) is 0 Å². The van der Waals surface area contributed by atoms with Gasteiger partial charge in [0.05, 0.1) is 23.5 Å². The van der Waals surface area contributed by atoms with Gasteiger partial charge in [0.2, 0.25) is 5.91 Å². The minimum Gasteiger partial charge on any atom is -0.358 e. The monoisotopic (exact) mass is 413 g/mol. The van der Waals surface area contributed by atoms with Gasteiger partial charge in [-0.15, -0.1) is 0 Å². The van der Waals surface area contributed by atoms with Crippen LogP contribution in [0.5, 0.6) is 0 Å². The molecular weight excluding hydrogens is 376 g/mol. The predicted octanol–water partition coefficient (Wildman–Crippen LogP) is 3.59. The topological polar surface area (TPSA) is 93.7 Å². The van der Waals surface area contributed by atoms with Crippen molar-refractivity contribution < 1.29 is 10.5 Å². The number of aromatic nitrogens is 2. The van der Waals surface area contributed by atoms with Crippen molar-refractivity contribution in [1.29, 1.82) is 0 Å². The van der Waals surface area contributed by atoms with Crippen molar-refractivity contribution in [2.24, 2.45) is 5.92 Å². The highest BCUT2D eigenvalue weighted by molar-refractivity contribution is 5.78. The highest BCUT2D eigenvalue weighted by Gasteiger charge is 2.25. The number of unbranched alkanes of at least 4 members (excludes halogenated alkanes) is 3. The molecule has 0 saturated heterocycles. The molecule has 0 radical (unpaired) electrons. The molecule has 164 valence electrons. The summed E-state index contributed by atoms with van der Waals surface area (Å²) >= 11 is 0. The van der Waals surface area contributed by atoms with E-state index in [1.807, 2.05) is 30.0 Å². The lowest BCUT2D eigenvalue weighted by Crippen LogP contribution is -2.50. The van der Waals surface area contributed by atoms with E-state index in [2.05, 4.69) is 15.7 Å². The maximum Gasteiger partial charge on any atom is 0.258 e. The second kappa shape index (κ2) is 11.3. The Morgan fingerprint density at radius 2 is 1.93 bits per heavy atom. The second-order valence-electron chi connectivity index (χ2n) is 8.69. The first-order chi connectivity index (χ1) is 14.6. The fourth-order valence-electron chi connectivity index (χ4n) is 4.57. The number of hydrogen-bond acceptors (Lipinski definition) is 3. The van der Waals surface area contributed by atoms with Gasteiger partial charge in [-0.1, -0.05) is 44.2 Å². The molecular formula is C24H37N4O2+. The highest BCUT2D eigenvalue weighted by Crippen LogP contribution is 2.29. The van der Waals surface area contributed by atoms with Gasteiger partial charge in [0.15, 0.2) is 0 Å². The van der Waals surface area contributed by atoms with Gasteiger partial charge in [0.1, 0.15) is 5.82 Å². The summed E-state index contributed by atoms with van der Waals surface area (Å²) in [4.78, 5) is 35.2. The lowest BCUT2D eigenvalue weighted by Gasteiger charge is -2.29. The van der Waals surface area contributed by atoms with E-state index >= 15 is 0 Å². The molecule has 1 aromatic heterocycles. The third kappa shape index (κ3) is 5.91. The highest BCUT2D eigenvalue weighted by atomic mass is 16.2. The summed E-state index contributed by atoms with van der Waals surface area (Å²) in [6.07, 6.45) is 11.0. The van der Waals surface area contributed by atoms with Gasteiger partial charge in [-0.25, -0.2) is 4.98 Å². The summed E-state index contributed by atoms with van der Waals surface area (Å²) in [6, 6.07) is 7.11.